The molecule has 1 aliphatic heterocycles. The highest BCUT2D eigenvalue weighted by atomic mass is 16.5. The third kappa shape index (κ3) is 3.29. The van der Waals surface area contributed by atoms with Crippen LogP contribution in [-0.4, -0.2) is 41.1 Å². The molecular formula is C18H21NO4. The fourth-order valence-electron chi connectivity index (χ4n) is 3.14. The molecule has 1 aromatic rings. The van der Waals surface area contributed by atoms with E-state index in [-0.39, 0.29) is 36.8 Å². The first-order valence-corrected chi connectivity index (χ1v) is 7.94. The van der Waals surface area contributed by atoms with Crippen LogP contribution in [0.2, 0.25) is 0 Å². The average molecular weight is 315 g/mol. The first kappa shape index (κ1) is 15.7. The molecule has 2 aliphatic rings. The summed E-state index contributed by atoms with van der Waals surface area (Å²) >= 11 is 0. The van der Waals surface area contributed by atoms with Crippen LogP contribution in [-0.2, 0) is 9.59 Å². The number of hydrogen-bond donors (Lipinski definition) is 1. The number of hydrogen-bond acceptors (Lipinski definition) is 4. The zero-order chi connectivity index (χ0) is 16.4. The van der Waals surface area contributed by atoms with Gasteiger partial charge in [0, 0.05) is 0 Å². The number of amides is 2. The third-order valence-corrected chi connectivity index (χ3v) is 4.46. The number of rotatable bonds is 5. The van der Waals surface area contributed by atoms with Crippen molar-refractivity contribution in [2.45, 2.75) is 25.9 Å². The number of aryl methyl sites for hydroxylation is 1. The summed E-state index contributed by atoms with van der Waals surface area (Å²) < 4.78 is 5.51. The predicted molar refractivity (Wildman–Crippen MR) is 84.8 cm³/mol. The number of nitrogens with zero attached hydrogens (tertiary/aromatic N) is 1. The summed E-state index contributed by atoms with van der Waals surface area (Å²) in [7, 11) is 0. The van der Waals surface area contributed by atoms with Gasteiger partial charge in [0.2, 0.25) is 11.8 Å². The van der Waals surface area contributed by atoms with Crippen LogP contribution in [0.4, 0.5) is 0 Å². The second-order valence-electron chi connectivity index (χ2n) is 6.22. The quantitative estimate of drug-likeness (QED) is 0.663. The molecule has 1 fully saturated rings. The minimum atomic E-state index is -0.891. The molecule has 1 heterocycles. The molecule has 2 amide bonds. The Morgan fingerprint density at radius 3 is 2.26 bits per heavy atom. The largest absolute Gasteiger partial charge is 0.491 e. The second kappa shape index (κ2) is 6.54. The number of carbonyl (C=O) groups is 2. The van der Waals surface area contributed by atoms with E-state index in [0.29, 0.717) is 18.6 Å². The van der Waals surface area contributed by atoms with Gasteiger partial charge >= 0.3 is 0 Å². The summed E-state index contributed by atoms with van der Waals surface area (Å²) in [6.45, 7) is 2.03. The Morgan fingerprint density at radius 2 is 1.70 bits per heavy atom. The summed E-state index contributed by atoms with van der Waals surface area (Å²) in [6.07, 6.45) is 4.24. The number of β-amino-alcohol motifs (C(OH)–C–C–N with tert-alkyl or cyclic N) is 1. The van der Waals surface area contributed by atoms with Crippen molar-refractivity contribution >= 4 is 11.8 Å². The molecule has 0 bridgehead atoms. The van der Waals surface area contributed by atoms with Crippen molar-refractivity contribution in [3.05, 3.63) is 42.0 Å². The van der Waals surface area contributed by atoms with Gasteiger partial charge < -0.3 is 9.84 Å². The monoisotopic (exact) mass is 315 g/mol. The number of carbonyl (C=O) groups excluding carboxylic acids is 2. The lowest BCUT2D eigenvalue weighted by atomic mass is 9.85. The van der Waals surface area contributed by atoms with Crippen LogP contribution in [0.5, 0.6) is 5.75 Å². The lowest BCUT2D eigenvalue weighted by Crippen LogP contribution is -2.40. The highest BCUT2D eigenvalue weighted by Gasteiger charge is 2.47. The van der Waals surface area contributed by atoms with E-state index in [1.165, 1.54) is 4.90 Å². The molecule has 0 spiro atoms. The number of aliphatic hydroxyl groups excluding tert-OH is 1. The van der Waals surface area contributed by atoms with Gasteiger partial charge in [0.1, 0.15) is 18.5 Å². The lowest BCUT2D eigenvalue weighted by Gasteiger charge is -2.19. The van der Waals surface area contributed by atoms with Gasteiger partial charge in [-0.3, -0.25) is 14.5 Å². The van der Waals surface area contributed by atoms with E-state index >= 15 is 0 Å². The molecule has 5 heteroatoms. The number of allylic oxidation sites excluding steroid dienone is 2. The normalized spacial score (nSPS) is 24.7. The van der Waals surface area contributed by atoms with Crippen molar-refractivity contribution in [1.82, 2.24) is 4.90 Å². The van der Waals surface area contributed by atoms with Gasteiger partial charge in [0.25, 0.3) is 0 Å². The summed E-state index contributed by atoms with van der Waals surface area (Å²) in [6, 6.07) is 7.50. The second-order valence-corrected chi connectivity index (χ2v) is 6.22. The Bertz CT molecular complexity index is 596. The summed E-state index contributed by atoms with van der Waals surface area (Å²) in [5.41, 5.74) is 1.13. The topological polar surface area (TPSA) is 66.8 Å². The lowest BCUT2D eigenvalue weighted by molar-refractivity contribution is -0.141. The number of imide groups is 1. The number of likely N-dealkylation sites (tertiary alicyclic amines) is 1. The molecule has 1 aromatic carbocycles. The van der Waals surface area contributed by atoms with Gasteiger partial charge in [-0.05, 0) is 31.9 Å². The van der Waals surface area contributed by atoms with Crippen LogP contribution in [0, 0.1) is 18.8 Å². The fraction of sp³-hybridized carbons (Fsp3) is 0.444. The minimum absolute atomic E-state index is 0.00344. The average Bonchev–Trinajstić information content (AvgIpc) is 2.80. The van der Waals surface area contributed by atoms with Crippen LogP contribution in [0.25, 0.3) is 0 Å². The summed E-state index contributed by atoms with van der Waals surface area (Å²) in [5.74, 6) is -0.181. The van der Waals surface area contributed by atoms with E-state index in [9.17, 15) is 14.7 Å². The van der Waals surface area contributed by atoms with Crippen molar-refractivity contribution in [1.29, 1.82) is 0 Å². The number of benzene rings is 1. The highest BCUT2D eigenvalue weighted by molar-refractivity contribution is 6.05. The Balaban J connectivity index is 1.55. The zero-order valence-electron chi connectivity index (χ0n) is 13.1. The molecule has 1 N–H and O–H groups in total. The van der Waals surface area contributed by atoms with E-state index in [4.69, 9.17) is 4.74 Å². The van der Waals surface area contributed by atoms with Crippen molar-refractivity contribution in [3.8, 4) is 5.75 Å². The summed E-state index contributed by atoms with van der Waals surface area (Å²) in [4.78, 5) is 25.8. The SMILES string of the molecule is Cc1ccc(OC[C@H](O)CN2C(=O)[C@H]3CC=CC[C@H]3C2=O)cc1. The summed E-state index contributed by atoms with van der Waals surface area (Å²) in [5, 5.41) is 10.1. The van der Waals surface area contributed by atoms with Crippen LogP contribution in [0.15, 0.2) is 36.4 Å². The number of ether oxygens (including phenoxy) is 1. The fourth-order valence-corrected chi connectivity index (χ4v) is 3.14. The van der Waals surface area contributed by atoms with Gasteiger partial charge in [0.15, 0.2) is 0 Å². The Labute approximate surface area is 135 Å². The first-order chi connectivity index (χ1) is 11.1. The molecule has 3 rings (SSSR count). The number of fused-ring (bicyclic) bond motifs is 1. The van der Waals surface area contributed by atoms with E-state index < -0.39 is 6.10 Å². The molecule has 0 saturated carbocycles. The third-order valence-electron chi connectivity index (χ3n) is 4.46. The standard InChI is InChI=1S/C18H21NO4/c1-12-6-8-14(9-7-12)23-11-13(20)10-19-17(21)15-4-2-3-5-16(15)18(19)22/h2-3,6-9,13,15-16,20H,4-5,10-11H2,1H3/t13-,15-,16+/m1/s1. The molecule has 5 nitrogen and oxygen atoms in total. The van der Waals surface area contributed by atoms with Gasteiger partial charge in [-0.2, -0.15) is 0 Å². The maximum atomic E-state index is 12.3. The van der Waals surface area contributed by atoms with Crippen molar-refractivity contribution in [2.24, 2.45) is 11.8 Å². The van der Waals surface area contributed by atoms with Gasteiger partial charge in [-0.15, -0.1) is 0 Å². The first-order valence-electron chi connectivity index (χ1n) is 7.94. The van der Waals surface area contributed by atoms with Crippen molar-refractivity contribution < 1.29 is 19.4 Å². The molecule has 122 valence electrons. The minimum Gasteiger partial charge on any atom is -0.491 e. The molecule has 1 aliphatic carbocycles. The van der Waals surface area contributed by atoms with Gasteiger partial charge in [0.05, 0.1) is 18.4 Å². The molecule has 0 radical (unpaired) electrons. The van der Waals surface area contributed by atoms with Crippen LogP contribution < -0.4 is 4.74 Å². The highest BCUT2D eigenvalue weighted by Crippen LogP contribution is 2.35. The van der Waals surface area contributed by atoms with Gasteiger partial charge in [-0.1, -0.05) is 29.8 Å². The van der Waals surface area contributed by atoms with Gasteiger partial charge in [-0.25, -0.2) is 0 Å². The molecule has 1 saturated heterocycles. The van der Waals surface area contributed by atoms with E-state index in [1.54, 1.807) is 0 Å². The molecule has 0 aromatic heterocycles. The Morgan fingerprint density at radius 1 is 1.13 bits per heavy atom. The molecule has 23 heavy (non-hydrogen) atoms. The van der Waals surface area contributed by atoms with Crippen LogP contribution in [0.1, 0.15) is 18.4 Å². The number of aliphatic hydroxyl groups is 1. The van der Waals surface area contributed by atoms with E-state index in [0.717, 1.165) is 5.56 Å². The Hall–Kier alpha value is -2.14. The van der Waals surface area contributed by atoms with Crippen molar-refractivity contribution in [3.63, 3.8) is 0 Å². The predicted octanol–water partition coefficient (Wildman–Crippen LogP) is 1.69. The molecule has 0 unspecified atom stereocenters. The molecule has 3 atom stereocenters. The molecular weight excluding hydrogens is 294 g/mol. The zero-order valence-corrected chi connectivity index (χ0v) is 13.1. The maximum absolute atomic E-state index is 12.3. The Kier molecular flexibility index (Phi) is 4.48. The maximum Gasteiger partial charge on any atom is 0.233 e. The van der Waals surface area contributed by atoms with E-state index in [1.807, 2.05) is 43.3 Å². The van der Waals surface area contributed by atoms with Crippen LogP contribution in [0.3, 0.4) is 0 Å². The smallest absolute Gasteiger partial charge is 0.233 e. The van der Waals surface area contributed by atoms with E-state index in [2.05, 4.69) is 0 Å². The van der Waals surface area contributed by atoms with Crippen LogP contribution >= 0.6 is 0 Å². The van der Waals surface area contributed by atoms with Crippen molar-refractivity contribution in [2.75, 3.05) is 13.2 Å².